The largest absolute Gasteiger partial charge is 0.481 e. The lowest BCUT2D eigenvalue weighted by Crippen LogP contribution is -2.27. The van der Waals surface area contributed by atoms with Crippen molar-refractivity contribution in [2.75, 3.05) is 0 Å². The Bertz CT molecular complexity index is 706. The Morgan fingerprint density at radius 2 is 1.50 bits per heavy atom. The molecule has 2 N–H and O–H groups in total. The number of hydrogen-bond acceptors (Lipinski definition) is 2. The van der Waals surface area contributed by atoms with Gasteiger partial charge in [0.1, 0.15) is 0 Å². The molecule has 0 radical (unpaired) electrons. The van der Waals surface area contributed by atoms with Crippen LogP contribution in [0.15, 0.2) is 48.5 Å². The van der Waals surface area contributed by atoms with Gasteiger partial charge in [0.2, 0.25) is 0 Å². The number of hydrogen-bond donors (Lipinski definition) is 2. The van der Waals surface area contributed by atoms with Crippen molar-refractivity contribution in [3.63, 3.8) is 0 Å². The van der Waals surface area contributed by atoms with Crippen LogP contribution in [0.4, 0.5) is 0 Å². The SMILES string of the molecule is Cc1cccc(C(C(=O)O)C(C(=O)O)c2ccccc2C)c1. The lowest BCUT2D eigenvalue weighted by molar-refractivity contribution is -0.147. The normalized spacial score (nSPS) is 13.4. The van der Waals surface area contributed by atoms with E-state index in [1.807, 2.05) is 13.0 Å². The average molecular weight is 298 g/mol. The second kappa shape index (κ2) is 6.43. The van der Waals surface area contributed by atoms with Gasteiger partial charge in [-0.15, -0.1) is 0 Å². The van der Waals surface area contributed by atoms with Crippen LogP contribution in [0, 0.1) is 13.8 Å². The van der Waals surface area contributed by atoms with Gasteiger partial charge in [-0.25, -0.2) is 0 Å². The molecule has 0 aliphatic carbocycles. The Balaban J connectivity index is 2.59. The lowest BCUT2D eigenvalue weighted by atomic mass is 9.79. The van der Waals surface area contributed by atoms with Crippen molar-refractivity contribution in [1.82, 2.24) is 0 Å². The fraction of sp³-hybridized carbons (Fsp3) is 0.222. The van der Waals surface area contributed by atoms with Gasteiger partial charge in [-0.05, 0) is 30.5 Å². The maximum atomic E-state index is 11.8. The van der Waals surface area contributed by atoms with Crippen LogP contribution in [0.3, 0.4) is 0 Å². The number of aliphatic carboxylic acids is 2. The zero-order chi connectivity index (χ0) is 16.3. The Morgan fingerprint density at radius 1 is 0.864 bits per heavy atom. The molecule has 2 aromatic carbocycles. The molecule has 4 heteroatoms. The fourth-order valence-electron chi connectivity index (χ4n) is 2.73. The van der Waals surface area contributed by atoms with E-state index in [2.05, 4.69) is 0 Å². The maximum absolute atomic E-state index is 11.8. The molecule has 0 saturated carbocycles. The third kappa shape index (κ3) is 3.17. The molecule has 0 saturated heterocycles. The molecule has 2 atom stereocenters. The first-order valence-corrected chi connectivity index (χ1v) is 6.99. The summed E-state index contributed by atoms with van der Waals surface area (Å²) in [6.07, 6.45) is 0. The van der Waals surface area contributed by atoms with Gasteiger partial charge in [0.15, 0.2) is 0 Å². The summed E-state index contributed by atoms with van der Waals surface area (Å²) in [6.45, 7) is 3.65. The zero-order valence-corrected chi connectivity index (χ0v) is 12.5. The van der Waals surface area contributed by atoms with Crippen molar-refractivity contribution >= 4 is 11.9 Å². The highest BCUT2D eigenvalue weighted by molar-refractivity contribution is 5.88. The third-order valence-corrected chi connectivity index (χ3v) is 3.79. The summed E-state index contributed by atoms with van der Waals surface area (Å²) in [5, 5.41) is 19.3. The Kier molecular flexibility index (Phi) is 4.61. The lowest BCUT2D eigenvalue weighted by Gasteiger charge is -2.23. The van der Waals surface area contributed by atoms with Gasteiger partial charge in [0.25, 0.3) is 0 Å². The van der Waals surface area contributed by atoms with Gasteiger partial charge in [-0.2, -0.15) is 0 Å². The first-order chi connectivity index (χ1) is 10.4. The molecule has 2 unspecified atom stereocenters. The molecule has 2 aromatic rings. The molecule has 0 heterocycles. The highest BCUT2D eigenvalue weighted by Crippen LogP contribution is 2.35. The standard InChI is InChI=1S/C18H18O4/c1-11-6-5-8-13(10-11)15(17(19)20)16(18(21)22)14-9-4-3-7-12(14)2/h3-10,15-16H,1-2H3,(H,19,20)(H,21,22). The van der Waals surface area contributed by atoms with Gasteiger partial charge in [-0.3, -0.25) is 9.59 Å². The second-order valence-corrected chi connectivity index (χ2v) is 5.40. The summed E-state index contributed by atoms with van der Waals surface area (Å²) in [5.41, 5.74) is 2.71. The molecule has 2 rings (SSSR count). The van der Waals surface area contributed by atoms with E-state index >= 15 is 0 Å². The smallest absolute Gasteiger partial charge is 0.312 e. The average Bonchev–Trinajstić information content (AvgIpc) is 2.45. The summed E-state index contributed by atoms with van der Waals surface area (Å²) in [5.74, 6) is -4.52. The Hall–Kier alpha value is -2.62. The molecule has 0 aromatic heterocycles. The first kappa shape index (κ1) is 15.8. The van der Waals surface area contributed by atoms with E-state index in [9.17, 15) is 19.8 Å². The van der Waals surface area contributed by atoms with E-state index in [0.717, 1.165) is 11.1 Å². The molecule has 0 bridgehead atoms. The van der Waals surface area contributed by atoms with E-state index in [-0.39, 0.29) is 0 Å². The maximum Gasteiger partial charge on any atom is 0.312 e. The van der Waals surface area contributed by atoms with E-state index in [4.69, 9.17) is 0 Å². The molecule has 0 spiro atoms. The van der Waals surface area contributed by atoms with Crippen LogP contribution >= 0.6 is 0 Å². The minimum absolute atomic E-state index is 0.503. The first-order valence-electron chi connectivity index (χ1n) is 6.99. The summed E-state index contributed by atoms with van der Waals surface area (Å²) in [7, 11) is 0. The summed E-state index contributed by atoms with van der Waals surface area (Å²) in [6, 6.07) is 14.0. The van der Waals surface area contributed by atoms with Crippen molar-refractivity contribution in [1.29, 1.82) is 0 Å². The zero-order valence-electron chi connectivity index (χ0n) is 12.5. The number of carboxylic acid groups (broad SMARTS) is 2. The molecule has 22 heavy (non-hydrogen) atoms. The van der Waals surface area contributed by atoms with Crippen molar-refractivity contribution in [3.05, 3.63) is 70.8 Å². The van der Waals surface area contributed by atoms with Crippen molar-refractivity contribution in [3.8, 4) is 0 Å². The third-order valence-electron chi connectivity index (χ3n) is 3.79. The topological polar surface area (TPSA) is 74.6 Å². The number of benzene rings is 2. The summed E-state index contributed by atoms with van der Waals surface area (Å²) in [4.78, 5) is 23.6. The monoisotopic (exact) mass is 298 g/mol. The van der Waals surface area contributed by atoms with Gasteiger partial charge in [0.05, 0.1) is 11.8 Å². The van der Waals surface area contributed by atoms with Crippen molar-refractivity contribution in [2.24, 2.45) is 0 Å². The van der Waals surface area contributed by atoms with Gasteiger partial charge < -0.3 is 10.2 Å². The molecular weight excluding hydrogens is 280 g/mol. The number of rotatable bonds is 5. The molecule has 4 nitrogen and oxygen atoms in total. The van der Waals surface area contributed by atoms with Crippen LogP contribution in [-0.4, -0.2) is 22.2 Å². The van der Waals surface area contributed by atoms with E-state index < -0.39 is 23.8 Å². The van der Waals surface area contributed by atoms with Crippen LogP contribution < -0.4 is 0 Å². The molecule has 0 fully saturated rings. The molecule has 0 amide bonds. The summed E-state index contributed by atoms with van der Waals surface area (Å²) < 4.78 is 0. The molecular formula is C18H18O4. The summed E-state index contributed by atoms with van der Waals surface area (Å²) >= 11 is 0. The predicted octanol–water partition coefficient (Wildman–Crippen LogP) is 3.34. The van der Waals surface area contributed by atoms with Crippen molar-refractivity contribution < 1.29 is 19.8 Å². The van der Waals surface area contributed by atoms with E-state index in [1.54, 1.807) is 49.4 Å². The van der Waals surface area contributed by atoms with E-state index in [0.29, 0.717) is 11.1 Å². The van der Waals surface area contributed by atoms with Crippen molar-refractivity contribution in [2.45, 2.75) is 25.7 Å². The highest BCUT2D eigenvalue weighted by Gasteiger charge is 2.37. The van der Waals surface area contributed by atoms with Gasteiger partial charge in [-0.1, -0.05) is 54.1 Å². The molecule has 0 aliphatic rings. The van der Waals surface area contributed by atoms with Crippen LogP contribution in [0.2, 0.25) is 0 Å². The number of aryl methyl sites for hydroxylation is 2. The van der Waals surface area contributed by atoms with Crippen LogP contribution in [0.5, 0.6) is 0 Å². The van der Waals surface area contributed by atoms with Crippen LogP contribution in [0.25, 0.3) is 0 Å². The van der Waals surface area contributed by atoms with E-state index in [1.165, 1.54) is 0 Å². The highest BCUT2D eigenvalue weighted by atomic mass is 16.4. The minimum atomic E-state index is -1.14. The Morgan fingerprint density at radius 3 is 2.05 bits per heavy atom. The molecule has 0 aliphatic heterocycles. The minimum Gasteiger partial charge on any atom is -0.481 e. The van der Waals surface area contributed by atoms with Gasteiger partial charge >= 0.3 is 11.9 Å². The van der Waals surface area contributed by atoms with Gasteiger partial charge in [0, 0.05) is 0 Å². The molecule has 114 valence electrons. The second-order valence-electron chi connectivity index (χ2n) is 5.40. The quantitative estimate of drug-likeness (QED) is 0.887. The van der Waals surface area contributed by atoms with Crippen LogP contribution in [-0.2, 0) is 9.59 Å². The number of carboxylic acids is 2. The van der Waals surface area contributed by atoms with Crippen LogP contribution in [0.1, 0.15) is 34.1 Å². The number of carbonyl (C=O) groups is 2. The Labute approximate surface area is 129 Å². The predicted molar refractivity (Wildman–Crippen MR) is 83.1 cm³/mol. The fourth-order valence-corrected chi connectivity index (χ4v) is 2.73.